The van der Waals surface area contributed by atoms with Gasteiger partial charge >= 0.3 is 8.25 Å². The second kappa shape index (κ2) is 5.58. The molecule has 0 amide bonds. The lowest BCUT2D eigenvalue weighted by Crippen LogP contribution is -2.36. The zero-order chi connectivity index (χ0) is 11.5. The molecule has 0 aromatic carbocycles. The third-order valence-corrected chi connectivity index (χ3v) is 4.52. The summed E-state index contributed by atoms with van der Waals surface area (Å²) in [6.45, 7) is 0. The van der Waals surface area contributed by atoms with Gasteiger partial charge in [-0.3, -0.25) is 13.7 Å². The molecular weight excluding hydrogens is 242 g/mol. The molecule has 0 aliphatic heterocycles. The van der Waals surface area contributed by atoms with Crippen LogP contribution in [0.25, 0.3) is 0 Å². The number of aliphatic hydroxyl groups is 1. The van der Waals surface area contributed by atoms with Crippen LogP contribution in [0.3, 0.4) is 0 Å². The minimum absolute atomic E-state index is 0.524. The average molecular weight is 258 g/mol. The minimum atomic E-state index is -3.42. The van der Waals surface area contributed by atoms with Crippen molar-refractivity contribution < 1.29 is 28.5 Å². The van der Waals surface area contributed by atoms with Crippen LogP contribution < -0.4 is 0 Å². The van der Waals surface area contributed by atoms with Gasteiger partial charge in [0.05, 0.1) is 0 Å². The molecule has 1 aliphatic carbocycles. The molecule has 8 heteroatoms. The highest BCUT2D eigenvalue weighted by Crippen LogP contribution is 2.49. The van der Waals surface area contributed by atoms with Gasteiger partial charge < -0.3 is 14.9 Å². The van der Waals surface area contributed by atoms with E-state index in [4.69, 9.17) is 9.79 Å². The van der Waals surface area contributed by atoms with E-state index >= 15 is 0 Å². The van der Waals surface area contributed by atoms with Gasteiger partial charge in [-0.1, -0.05) is 19.3 Å². The molecule has 0 aromatic rings. The van der Waals surface area contributed by atoms with E-state index in [-0.39, 0.29) is 0 Å². The van der Waals surface area contributed by atoms with Gasteiger partial charge in [0.25, 0.3) is 5.53 Å². The van der Waals surface area contributed by atoms with Crippen LogP contribution in [-0.4, -0.2) is 20.4 Å². The van der Waals surface area contributed by atoms with Gasteiger partial charge in [0.1, 0.15) is 0 Å². The summed E-state index contributed by atoms with van der Waals surface area (Å²) in [5.41, 5.74) is -2.32. The fourth-order valence-corrected chi connectivity index (χ4v) is 3.61. The van der Waals surface area contributed by atoms with Crippen molar-refractivity contribution in [2.75, 3.05) is 0 Å². The van der Waals surface area contributed by atoms with E-state index in [1.54, 1.807) is 0 Å². The molecule has 1 rings (SSSR count). The van der Waals surface area contributed by atoms with Crippen LogP contribution in [0.1, 0.15) is 32.1 Å². The molecular formula is C7H16O6P2. The van der Waals surface area contributed by atoms with Crippen molar-refractivity contribution in [3.05, 3.63) is 0 Å². The average Bonchev–Trinajstić information content (AvgIpc) is 2.17. The SMILES string of the molecule is O=[PH](O)OC(O)(C1CCCCC1)[PH](=O)O. The summed E-state index contributed by atoms with van der Waals surface area (Å²) in [6.07, 6.45) is 3.76. The van der Waals surface area contributed by atoms with Crippen LogP contribution in [-0.2, 0) is 13.7 Å². The maximum Gasteiger partial charge on any atom is 0.319 e. The second-order valence-electron chi connectivity index (χ2n) is 3.70. The molecule has 0 radical (unpaired) electrons. The summed E-state index contributed by atoms with van der Waals surface area (Å²) in [6, 6.07) is 0. The van der Waals surface area contributed by atoms with Crippen LogP contribution >= 0.6 is 16.3 Å². The van der Waals surface area contributed by atoms with E-state index in [9.17, 15) is 14.2 Å². The molecule has 0 aromatic heterocycles. The third-order valence-electron chi connectivity index (χ3n) is 2.71. The molecule has 1 aliphatic rings. The van der Waals surface area contributed by atoms with E-state index in [0.29, 0.717) is 12.8 Å². The second-order valence-corrected chi connectivity index (χ2v) is 5.77. The Labute approximate surface area is 89.1 Å². The largest absolute Gasteiger partial charge is 0.358 e. The number of hydrogen-bond donors (Lipinski definition) is 3. The predicted octanol–water partition coefficient (Wildman–Crippen LogP) is 1.08. The predicted molar refractivity (Wildman–Crippen MR) is 55.1 cm³/mol. The monoisotopic (exact) mass is 258 g/mol. The summed E-state index contributed by atoms with van der Waals surface area (Å²) in [7, 11) is -6.84. The van der Waals surface area contributed by atoms with E-state index < -0.39 is 27.7 Å². The highest BCUT2D eigenvalue weighted by molar-refractivity contribution is 7.41. The van der Waals surface area contributed by atoms with Gasteiger partial charge in [-0.05, 0) is 12.8 Å². The van der Waals surface area contributed by atoms with Gasteiger partial charge in [0.2, 0.25) is 8.03 Å². The maximum absolute atomic E-state index is 11.0. The van der Waals surface area contributed by atoms with Gasteiger partial charge in [0.15, 0.2) is 0 Å². The molecule has 0 heterocycles. The summed E-state index contributed by atoms with van der Waals surface area (Å²) in [5, 5.41) is 9.81. The van der Waals surface area contributed by atoms with E-state index in [2.05, 4.69) is 4.52 Å². The van der Waals surface area contributed by atoms with Gasteiger partial charge in [-0.2, -0.15) is 0 Å². The molecule has 1 fully saturated rings. The molecule has 3 N–H and O–H groups in total. The Kier molecular flexibility index (Phi) is 4.97. The van der Waals surface area contributed by atoms with Gasteiger partial charge in [0, 0.05) is 5.92 Å². The van der Waals surface area contributed by atoms with E-state index in [0.717, 1.165) is 19.3 Å². The molecule has 0 spiro atoms. The number of hydrogen-bond acceptors (Lipinski definition) is 4. The lowest BCUT2D eigenvalue weighted by atomic mass is 9.88. The highest BCUT2D eigenvalue weighted by Gasteiger charge is 2.44. The van der Waals surface area contributed by atoms with Crippen LogP contribution in [0.4, 0.5) is 0 Å². The van der Waals surface area contributed by atoms with Crippen molar-refractivity contribution in [3.63, 3.8) is 0 Å². The molecule has 0 bridgehead atoms. The standard InChI is InChI=1S/C7H16O6P2/c8-7(14(9)10,13-15(11)12)6-4-2-1-3-5-6/h6,8,14-15H,1-5H2,(H,9,10)(H,11,12). The fourth-order valence-electron chi connectivity index (χ4n) is 1.93. The van der Waals surface area contributed by atoms with Crippen molar-refractivity contribution >= 4 is 16.3 Å². The van der Waals surface area contributed by atoms with Crippen molar-refractivity contribution in [1.29, 1.82) is 0 Å². The summed E-state index contributed by atoms with van der Waals surface area (Å²) >= 11 is 0. The van der Waals surface area contributed by atoms with E-state index in [1.165, 1.54) is 0 Å². The lowest BCUT2D eigenvalue weighted by Gasteiger charge is -2.34. The molecule has 90 valence electrons. The third kappa shape index (κ3) is 3.38. The van der Waals surface area contributed by atoms with Gasteiger partial charge in [-0.25, -0.2) is 0 Å². The lowest BCUT2D eigenvalue weighted by molar-refractivity contribution is -0.120. The van der Waals surface area contributed by atoms with E-state index in [1.807, 2.05) is 0 Å². The summed E-state index contributed by atoms with van der Waals surface area (Å²) in [5.74, 6) is -0.524. The minimum Gasteiger partial charge on any atom is -0.358 e. The normalized spacial score (nSPS) is 26.9. The first-order valence-corrected chi connectivity index (χ1v) is 7.46. The molecule has 15 heavy (non-hydrogen) atoms. The summed E-state index contributed by atoms with van der Waals surface area (Å²) < 4.78 is 25.9. The zero-order valence-corrected chi connectivity index (χ0v) is 10.2. The summed E-state index contributed by atoms with van der Waals surface area (Å²) in [4.78, 5) is 17.6. The fraction of sp³-hybridized carbons (Fsp3) is 1.00. The van der Waals surface area contributed by atoms with Crippen LogP contribution in [0.2, 0.25) is 0 Å². The van der Waals surface area contributed by atoms with Crippen molar-refractivity contribution in [1.82, 2.24) is 0 Å². The number of rotatable bonds is 4. The molecule has 0 saturated heterocycles. The Morgan fingerprint density at radius 3 is 2.07 bits per heavy atom. The quantitative estimate of drug-likeness (QED) is 0.514. The van der Waals surface area contributed by atoms with Crippen molar-refractivity contribution in [2.45, 2.75) is 37.6 Å². The van der Waals surface area contributed by atoms with Gasteiger partial charge in [-0.15, -0.1) is 0 Å². The highest BCUT2D eigenvalue weighted by atomic mass is 31.1. The zero-order valence-electron chi connectivity index (χ0n) is 8.18. The van der Waals surface area contributed by atoms with Crippen LogP contribution in [0, 0.1) is 5.92 Å². The molecule has 3 atom stereocenters. The van der Waals surface area contributed by atoms with Crippen LogP contribution in [0.15, 0.2) is 0 Å². The topological polar surface area (TPSA) is 104 Å². The first-order valence-electron chi connectivity index (χ1n) is 4.84. The maximum atomic E-state index is 11.0. The van der Waals surface area contributed by atoms with Crippen molar-refractivity contribution in [2.24, 2.45) is 5.92 Å². The Balaban J connectivity index is 2.78. The first kappa shape index (κ1) is 13.4. The van der Waals surface area contributed by atoms with Crippen LogP contribution in [0.5, 0.6) is 0 Å². The molecule has 6 nitrogen and oxygen atoms in total. The Morgan fingerprint density at radius 2 is 1.67 bits per heavy atom. The first-order chi connectivity index (χ1) is 6.97. The Bertz CT molecular complexity index is 264. The smallest absolute Gasteiger partial charge is 0.319 e. The van der Waals surface area contributed by atoms with Crippen molar-refractivity contribution in [3.8, 4) is 0 Å². The Hall–Kier alpha value is 0.300. The Morgan fingerprint density at radius 1 is 1.13 bits per heavy atom. The molecule has 3 unspecified atom stereocenters. The molecule has 1 saturated carbocycles.